The van der Waals surface area contributed by atoms with Gasteiger partial charge in [-0.1, -0.05) is 25.0 Å². The average molecular weight is 403 g/mol. The Morgan fingerprint density at radius 3 is 2.76 bits per heavy atom. The highest BCUT2D eigenvalue weighted by molar-refractivity contribution is 14.0. The van der Waals surface area contributed by atoms with Gasteiger partial charge in [0, 0.05) is 19.6 Å². The third-order valence-corrected chi connectivity index (χ3v) is 3.76. The Bertz CT molecular complexity index is 445. The van der Waals surface area contributed by atoms with Crippen LogP contribution in [0.3, 0.4) is 0 Å². The van der Waals surface area contributed by atoms with Crippen LogP contribution in [0.4, 0.5) is 0 Å². The molecule has 0 radical (unpaired) electrons. The molecule has 0 amide bonds. The van der Waals surface area contributed by atoms with Crippen molar-refractivity contribution in [2.75, 3.05) is 20.7 Å². The molecule has 1 aliphatic carbocycles. The lowest BCUT2D eigenvalue weighted by Crippen LogP contribution is -2.42. The molecule has 4 nitrogen and oxygen atoms in total. The molecule has 0 spiro atoms. The maximum absolute atomic E-state index is 5.24. The van der Waals surface area contributed by atoms with Crippen molar-refractivity contribution in [1.29, 1.82) is 0 Å². The van der Waals surface area contributed by atoms with Gasteiger partial charge in [0.15, 0.2) is 5.96 Å². The standard InChI is InChI=1S/C16H25N3O.HI/c1-17-16(19-14-7-3-4-8-14)18-11-10-13-6-5-9-15(12-13)20-2;/h5-6,9,12,14H,3-4,7-8,10-11H2,1-2H3,(H2,17,18,19);1H. The molecule has 0 heterocycles. The van der Waals surface area contributed by atoms with Crippen LogP contribution in [0.15, 0.2) is 29.3 Å². The van der Waals surface area contributed by atoms with Crippen molar-refractivity contribution in [2.45, 2.75) is 38.1 Å². The van der Waals surface area contributed by atoms with Gasteiger partial charge in [0.05, 0.1) is 7.11 Å². The predicted octanol–water partition coefficient (Wildman–Crippen LogP) is 2.96. The molecule has 2 N–H and O–H groups in total. The number of guanidine groups is 1. The molecule has 2 rings (SSSR count). The summed E-state index contributed by atoms with van der Waals surface area (Å²) < 4.78 is 5.24. The van der Waals surface area contributed by atoms with Crippen molar-refractivity contribution in [1.82, 2.24) is 10.6 Å². The third-order valence-electron chi connectivity index (χ3n) is 3.76. The van der Waals surface area contributed by atoms with E-state index >= 15 is 0 Å². The maximum Gasteiger partial charge on any atom is 0.191 e. The van der Waals surface area contributed by atoms with E-state index in [1.165, 1.54) is 31.2 Å². The van der Waals surface area contributed by atoms with Crippen LogP contribution in [0.5, 0.6) is 5.75 Å². The van der Waals surface area contributed by atoms with Crippen LogP contribution in [-0.4, -0.2) is 32.7 Å². The highest BCUT2D eigenvalue weighted by Gasteiger charge is 2.15. The number of nitrogens with one attached hydrogen (secondary N) is 2. The van der Waals surface area contributed by atoms with Gasteiger partial charge < -0.3 is 15.4 Å². The summed E-state index contributed by atoms with van der Waals surface area (Å²) in [7, 11) is 3.53. The van der Waals surface area contributed by atoms with E-state index in [0.29, 0.717) is 6.04 Å². The minimum atomic E-state index is 0. The largest absolute Gasteiger partial charge is 0.497 e. The van der Waals surface area contributed by atoms with Crippen LogP contribution in [0.2, 0.25) is 0 Å². The second-order valence-electron chi connectivity index (χ2n) is 5.23. The molecule has 1 saturated carbocycles. The van der Waals surface area contributed by atoms with E-state index in [1.54, 1.807) is 7.11 Å². The molecule has 0 aliphatic heterocycles. The van der Waals surface area contributed by atoms with Gasteiger partial charge in [-0.25, -0.2) is 0 Å². The number of hydrogen-bond acceptors (Lipinski definition) is 2. The Morgan fingerprint density at radius 2 is 2.10 bits per heavy atom. The van der Waals surface area contributed by atoms with Gasteiger partial charge in [-0.15, -0.1) is 24.0 Å². The fourth-order valence-electron chi connectivity index (χ4n) is 2.61. The Morgan fingerprint density at radius 1 is 1.33 bits per heavy atom. The second-order valence-corrected chi connectivity index (χ2v) is 5.23. The first kappa shape index (κ1) is 18.1. The smallest absolute Gasteiger partial charge is 0.191 e. The number of aliphatic imine (C=N–C) groups is 1. The maximum atomic E-state index is 5.24. The molecule has 0 unspecified atom stereocenters. The van der Waals surface area contributed by atoms with Crippen LogP contribution in [0, 0.1) is 0 Å². The van der Waals surface area contributed by atoms with Crippen LogP contribution in [-0.2, 0) is 6.42 Å². The monoisotopic (exact) mass is 403 g/mol. The zero-order valence-electron chi connectivity index (χ0n) is 12.9. The third kappa shape index (κ3) is 6.11. The number of nitrogens with zero attached hydrogens (tertiary/aromatic N) is 1. The van der Waals surface area contributed by atoms with Crippen molar-refractivity contribution < 1.29 is 4.74 Å². The summed E-state index contributed by atoms with van der Waals surface area (Å²) in [4.78, 5) is 4.29. The van der Waals surface area contributed by atoms with Gasteiger partial charge in [0.25, 0.3) is 0 Å². The van der Waals surface area contributed by atoms with Gasteiger partial charge >= 0.3 is 0 Å². The summed E-state index contributed by atoms with van der Waals surface area (Å²) >= 11 is 0. The molecule has 118 valence electrons. The van der Waals surface area contributed by atoms with E-state index in [4.69, 9.17) is 4.74 Å². The van der Waals surface area contributed by atoms with Gasteiger partial charge in [-0.05, 0) is 37.0 Å². The Balaban J connectivity index is 0.00000220. The van der Waals surface area contributed by atoms with Crippen molar-refractivity contribution >= 4 is 29.9 Å². The number of ether oxygens (including phenoxy) is 1. The highest BCUT2D eigenvalue weighted by atomic mass is 127. The molecule has 0 saturated heterocycles. The first-order chi connectivity index (χ1) is 9.81. The molecule has 1 aromatic carbocycles. The summed E-state index contributed by atoms with van der Waals surface area (Å²) in [5.41, 5.74) is 1.27. The van der Waals surface area contributed by atoms with E-state index in [9.17, 15) is 0 Å². The van der Waals surface area contributed by atoms with E-state index in [0.717, 1.165) is 24.7 Å². The van der Waals surface area contributed by atoms with E-state index in [2.05, 4.69) is 27.8 Å². The summed E-state index contributed by atoms with van der Waals surface area (Å²) in [6.45, 7) is 0.875. The quantitative estimate of drug-likeness (QED) is 0.452. The first-order valence-electron chi connectivity index (χ1n) is 7.42. The molecule has 0 atom stereocenters. The summed E-state index contributed by atoms with van der Waals surface area (Å²) in [5, 5.41) is 6.87. The number of benzene rings is 1. The van der Waals surface area contributed by atoms with Crippen molar-refractivity contribution in [2.24, 2.45) is 4.99 Å². The molecule has 0 aromatic heterocycles. The normalized spacial score (nSPS) is 15.4. The minimum absolute atomic E-state index is 0. The topological polar surface area (TPSA) is 45.7 Å². The number of methoxy groups -OCH3 is 1. The number of rotatable bonds is 5. The van der Waals surface area contributed by atoms with Gasteiger partial charge in [-0.2, -0.15) is 0 Å². The van der Waals surface area contributed by atoms with Crippen molar-refractivity contribution in [3.63, 3.8) is 0 Å². The fraction of sp³-hybridized carbons (Fsp3) is 0.562. The van der Waals surface area contributed by atoms with Gasteiger partial charge in [0.1, 0.15) is 5.75 Å². The van der Waals surface area contributed by atoms with Gasteiger partial charge in [0.2, 0.25) is 0 Å². The molecule has 0 bridgehead atoms. The Kier molecular flexibility index (Phi) is 8.49. The predicted molar refractivity (Wildman–Crippen MR) is 98.9 cm³/mol. The molecule has 5 heteroatoms. The lowest BCUT2D eigenvalue weighted by atomic mass is 10.1. The molecule has 21 heavy (non-hydrogen) atoms. The zero-order chi connectivity index (χ0) is 14.2. The second kappa shape index (κ2) is 9.87. The van der Waals surface area contributed by atoms with Gasteiger partial charge in [-0.3, -0.25) is 4.99 Å². The van der Waals surface area contributed by atoms with E-state index in [-0.39, 0.29) is 24.0 Å². The summed E-state index contributed by atoms with van der Waals surface area (Å²) in [5.74, 6) is 1.83. The average Bonchev–Trinajstić information content (AvgIpc) is 2.99. The zero-order valence-corrected chi connectivity index (χ0v) is 15.2. The fourth-order valence-corrected chi connectivity index (χ4v) is 2.61. The van der Waals surface area contributed by atoms with E-state index in [1.807, 2.05) is 19.2 Å². The summed E-state index contributed by atoms with van der Waals surface area (Å²) in [6, 6.07) is 8.79. The number of hydrogen-bond donors (Lipinski definition) is 2. The van der Waals surface area contributed by atoms with Crippen LogP contribution >= 0.6 is 24.0 Å². The lowest BCUT2D eigenvalue weighted by molar-refractivity contribution is 0.414. The number of halogens is 1. The van der Waals surface area contributed by atoms with Crippen molar-refractivity contribution in [3.05, 3.63) is 29.8 Å². The molecule has 1 aliphatic rings. The molecular formula is C16H26IN3O. The molecule has 1 aromatic rings. The summed E-state index contributed by atoms with van der Waals surface area (Å²) in [6.07, 6.45) is 6.15. The Hall–Kier alpha value is -0.980. The first-order valence-corrected chi connectivity index (χ1v) is 7.42. The molecular weight excluding hydrogens is 377 g/mol. The van der Waals surface area contributed by atoms with Crippen molar-refractivity contribution in [3.8, 4) is 5.75 Å². The van der Waals surface area contributed by atoms with Crippen LogP contribution < -0.4 is 15.4 Å². The van der Waals surface area contributed by atoms with E-state index < -0.39 is 0 Å². The van der Waals surface area contributed by atoms with Crippen LogP contribution in [0.25, 0.3) is 0 Å². The lowest BCUT2D eigenvalue weighted by Gasteiger charge is -2.16. The molecule has 1 fully saturated rings. The minimum Gasteiger partial charge on any atom is -0.497 e. The highest BCUT2D eigenvalue weighted by Crippen LogP contribution is 2.17. The Labute approximate surface area is 144 Å². The SMILES string of the molecule is CN=C(NCCc1cccc(OC)c1)NC1CCCC1.I. The van der Waals surface area contributed by atoms with Crippen LogP contribution in [0.1, 0.15) is 31.2 Å².